The van der Waals surface area contributed by atoms with Crippen molar-refractivity contribution in [2.45, 2.75) is 39.5 Å². The van der Waals surface area contributed by atoms with Crippen LogP contribution in [0.2, 0.25) is 0 Å². The van der Waals surface area contributed by atoms with Crippen molar-refractivity contribution in [3.8, 4) is 0 Å². The lowest BCUT2D eigenvalue weighted by Crippen LogP contribution is -2.41. The minimum Gasteiger partial charge on any atom is -0.354 e. The predicted molar refractivity (Wildman–Crippen MR) is 109 cm³/mol. The second kappa shape index (κ2) is 8.57. The maximum absolute atomic E-state index is 13.3. The summed E-state index contributed by atoms with van der Waals surface area (Å²) in [6, 6.07) is 12.1. The highest BCUT2D eigenvalue weighted by Crippen LogP contribution is 2.25. The average Bonchev–Trinajstić information content (AvgIpc) is 2.60. The number of nitrogens with zero attached hydrogens (tertiary/aromatic N) is 1. The first kappa shape index (κ1) is 21.0. The lowest BCUT2D eigenvalue weighted by molar-refractivity contribution is -0.119. The van der Waals surface area contributed by atoms with Crippen molar-refractivity contribution in [3.05, 3.63) is 59.2 Å². The highest BCUT2D eigenvalue weighted by molar-refractivity contribution is 7.92. The van der Waals surface area contributed by atoms with Crippen molar-refractivity contribution < 1.29 is 13.2 Å². The second-order valence-corrected chi connectivity index (χ2v) is 9.15. The summed E-state index contributed by atoms with van der Waals surface area (Å²) in [6.07, 6.45) is 0. The lowest BCUT2D eigenvalue weighted by Gasteiger charge is -2.25. The quantitative estimate of drug-likeness (QED) is 0.788. The summed E-state index contributed by atoms with van der Waals surface area (Å²) < 4.78 is 27.7. The molecule has 1 amide bonds. The number of hydrogen-bond donors (Lipinski definition) is 1. The van der Waals surface area contributed by atoms with Crippen LogP contribution >= 0.6 is 0 Å². The van der Waals surface area contributed by atoms with Gasteiger partial charge < -0.3 is 5.32 Å². The number of hydrogen-bond acceptors (Lipinski definition) is 3. The first-order chi connectivity index (χ1) is 12.6. The molecule has 0 aliphatic carbocycles. The molecule has 6 heteroatoms. The van der Waals surface area contributed by atoms with Crippen molar-refractivity contribution >= 4 is 21.6 Å². The summed E-state index contributed by atoms with van der Waals surface area (Å²) in [5, 5.41) is 2.80. The first-order valence-corrected chi connectivity index (χ1v) is 10.5. The minimum atomic E-state index is -3.86. The smallest absolute Gasteiger partial charge is 0.264 e. The first-order valence-electron chi connectivity index (χ1n) is 9.04. The van der Waals surface area contributed by atoms with E-state index in [0.29, 0.717) is 12.2 Å². The summed E-state index contributed by atoms with van der Waals surface area (Å²) in [7, 11) is -3.86. The molecule has 2 rings (SSSR count). The van der Waals surface area contributed by atoms with Crippen LogP contribution in [0.25, 0.3) is 0 Å². The fraction of sp³-hybridized carbons (Fsp3) is 0.381. The molecule has 0 bridgehead atoms. The molecule has 0 saturated heterocycles. The standard InChI is InChI=1S/C21H28N2O3S/c1-15(2)13-22-21(24)14-23(19-9-8-17(4)18(5)12-19)27(25,26)20-10-6-16(3)7-11-20/h6-12,15H,13-14H2,1-5H3,(H,22,24). The zero-order valence-electron chi connectivity index (χ0n) is 16.6. The van der Waals surface area contributed by atoms with E-state index in [2.05, 4.69) is 5.32 Å². The van der Waals surface area contributed by atoms with Gasteiger partial charge in [0.15, 0.2) is 0 Å². The summed E-state index contributed by atoms with van der Waals surface area (Å²) in [4.78, 5) is 12.6. The average molecular weight is 389 g/mol. The van der Waals surface area contributed by atoms with E-state index in [-0.39, 0.29) is 23.3 Å². The summed E-state index contributed by atoms with van der Waals surface area (Å²) >= 11 is 0. The Labute approximate surface area is 162 Å². The van der Waals surface area contributed by atoms with Gasteiger partial charge in [-0.05, 0) is 62.1 Å². The third-order valence-corrected chi connectivity index (χ3v) is 6.17. The highest BCUT2D eigenvalue weighted by Gasteiger charge is 2.27. The minimum absolute atomic E-state index is 0.169. The van der Waals surface area contributed by atoms with E-state index in [0.717, 1.165) is 16.7 Å². The lowest BCUT2D eigenvalue weighted by atomic mass is 10.1. The van der Waals surface area contributed by atoms with Gasteiger partial charge in [0.2, 0.25) is 5.91 Å². The van der Waals surface area contributed by atoms with Crippen LogP contribution in [0, 0.1) is 26.7 Å². The molecule has 0 saturated carbocycles. The monoisotopic (exact) mass is 388 g/mol. The maximum Gasteiger partial charge on any atom is 0.264 e. The van der Waals surface area contributed by atoms with Crippen LogP contribution in [0.1, 0.15) is 30.5 Å². The third kappa shape index (κ3) is 5.32. The van der Waals surface area contributed by atoms with Crippen LogP contribution in [0.3, 0.4) is 0 Å². The number of nitrogens with one attached hydrogen (secondary N) is 1. The van der Waals surface area contributed by atoms with E-state index < -0.39 is 10.0 Å². The molecule has 2 aromatic carbocycles. The largest absolute Gasteiger partial charge is 0.354 e. The SMILES string of the molecule is Cc1ccc(S(=O)(=O)N(CC(=O)NCC(C)C)c2ccc(C)c(C)c2)cc1. The highest BCUT2D eigenvalue weighted by atomic mass is 32.2. The van der Waals surface area contributed by atoms with Gasteiger partial charge in [-0.1, -0.05) is 37.6 Å². The zero-order chi connectivity index (χ0) is 20.2. The number of carbonyl (C=O) groups excluding carboxylic acids is 1. The number of carbonyl (C=O) groups is 1. The van der Waals surface area contributed by atoms with Crippen molar-refractivity contribution in [3.63, 3.8) is 0 Å². The normalized spacial score (nSPS) is 11.5. The van der Waals surface area contributed by atoms with Crippen molar-refractivity contribution in [1.82, 2.24) is 5.32 Å². The molecule has 0 aromatic heterocycles. The molecular weight excluding hydrogens is 360 g/mol. The third-order valence-electron chi connectivity index (χ3n) is 4.38. The van der Waals surface area contributed by atoms with E-state index in [9.17, 15) is 13.2 Å². The Morgan fingerprint density at radius 2 is 1.63 bits per heavy atom. The van der Waals surface area contributed by atoms with Gasteiger partial charge >= 0.3 is 0 Å². The molecule has 0 aliphatic rings. The molecular formula is C21H28N2O3S. The Morgan fingerprint density at radius 3 is 2.19 bits per heavy atom. The molecule has 0 radical (unpaired) electrons. The van der Waals surface area contributed by atoms with Crippen LogP contribution < -0.4 is 9.62 Å². The van der Waals surface area contributed by atoms with Crippen molar-refractivity contribution in [2.24, 2.45) is 5.92 Å². The van der Waals surface area contributed by atoms with Crippen molar-refractivity contribution in [2.75, 3.05) is 17.4 Å². The fourth-order valence-corrected chi connectivity index (χ4v) is 3.95. The van der Waals surface area contributed by atoms with E-state index >= 15 is 0 Å². The zero-order valence-corrected chi connectivity index (χ0v) is 17.4. The van der Waals surface area contributed by atoms with Gasteiger partial charge in [-0.15, -0.1) is 0 Å². The number of aryl methyl sites for hydroxylation is 3. The van der Waals surface area contributed by atoms with E-state index in [1.807, 2.05) is 40.7 Å². The Bertz CT molecular complexity index is 904. The van der Waals surface area contributed by atoms with Gasteiger partial charge in [0, 0.05) is 6.54 Å². The van der Waals surface area contributed by atoms with E-state index in [1.54, 1.807) is 36.4 Å². The van der Waals surface area contributed by atoms with Gasteiger partial charge in [0.05, 0.1) is 10.6 Å². The van der Waals surface area contributed by atoms with Gasteiger partial charge in [-0.2, -0.15) is 0 Å². The number of rotatable bonds is 7. The molecule has 146 valence electrons. The number of anilines is 1. The summed E-state index contributed by atoms with van der Waals surface area (Å²) in [5.74, 6) is -0.0321. The number of benzene rings is 2. The van der Waals surface area contributed by atoms with Crippen molar-refractivity contribution in [1.29, 1.82) is 0 Å². The number of amides is 1. The van der Waals surface area contributed by atoms with Crippen LogP contribution in [0.4, 0.5) is 5.69 Å². The molecule has 0 aliphatic heterocycles. The molecule has 27 heavy (non-hydrogen) atoms. The molecule has 0 heterocycles. The molecule has 0 atom stereocenters. The Balaban J connectivity index is 2.43. The summed E-state index contributed by atoms with van der Waals surface area (Å²) in [6.45, 7) is 10.0. The van der Waals surface area contributed by atoms with Gasteiger partial charge in [-0.25, -0.2) is 8.42 Å². The van der Waals surface area contributed by atoms with Gasteiger partial charge in [0.1, 0.15) is 6.54 Å². The molecule has 1 N–H and O–H groups in total. The van der Waals surface area contributed by atoms with Crippen LogP contribution in [-0.2, 0) is 14.8 Å². The Hall–Kier alpha value is -2.34. The maximum atomic E-state index is 13.3. The molecule has 0 spiro atoms. The van der Waals surface area contributed by atoms with Gasteiger partial charge in [0.25, 0.3) is 10.0 Å². The van der Waals surface area contributed by atoms with E-state index in [4.69, 9.17) is 0 Å². The molecule has 0 fully saturated rings. The van der Waals surface area contributed by atoms with Crippen LogP contribution in [0.5, 0.6) is 0 Å². The number of sulfonamides is 1. The van der Waals surface area contributed by atoms with Gasteiger partial charge in [-0.3, -0.25) is 9.10 Å². The predicted octanol–water partition coefficient (Wildman–Crippen LogP) is 3.58. The molecule has 5 nitrogen and oxygen atoms in total. The van der Waals surface area contributed by atoms with Crippen LogP contribution in [0.15, 0.2) is 47.4 Å². The van der Waals surface area contributed by atoms with E-state index in [1.165, 1.54) is 4.31 Å². The fourth-order valence-electron chi connectivity index (χ4n) is 2.54. The second-order valence-electron chi connectivity index (χ2n) is 7.29. The Morgan fingerprint density at radius 1 is 1.00 bits per heavy atom. The topological polar surface area (TPSA) is 66.5 Å². The Kier molecular flexibility index (Phi) is 6.65. The molecule has 2 aromatic rings. The van der Waals surface area contributed by atoms with Crippen LogP contribution in [-0.4, -0.2) is 27.4 Å². The summed E-state index contributed by atoms with van der Waals surface area (Å²) in [5.41, 5.74) is 3.50. The molecule has 0 unspecified atom stereocenters.